The lowest BCUT2D eigenvalue weighted by atomic mass is 9.92. The normalized spacial score (nSPS) is 18.8. The Bertz CT molecular complexity index is 1800. The summed E-state index contributed by atoms with van der Waals surface area (Å²) >= 11 is 0. The number of halogens is 3. The zero-order valence-corrected chi connectivity index (χ0v) is 50.0. The number of allylic oxidation sites excluding steroid dienone is 2. The minimum Gasteiger partial charge on any atom is -0.457 e. The summed E-state index contributed by atoms with van der Waals surface area (Å²) in [6.07, 6.45) is 21.0. The van der Waals surface area contributed by atoms with Crippen LogP contribution in [0, 0.1) is 0 Å². The number of carbonyl (C=O) groups excluding carboxylic acids is 1. The van der Waals surface area contributed by atoms with Crippen LogP contribution in [-0.2, 0) is 44.8 Å². The van der Waals surface area contributed by atoms with E-state index < -0.39 is 58.8 Å². The Morgan fingerprint density at radius 1 is 0.658 bits per heavy atom. The van der Waals surface area contributed by atoms with Crippen molar-refractivity contribution in [1.29, 1.82) is 0 Å². The van der Waals surface area contributed by atoms with Crippen molar-refractivity contribution in [2.75, 3.05) is 13.7 Å². The molecule has 0 amide bonds. The summed E-state index contributed by atoms with van der Waals surface area (Å²) < 4.78 is 85.3. The maximum absolute atomic E-state index is 15.4. The van der Waals surface area contributed by atoms with Crippen LogP contribution in [0.2, 0.25) is 36.3 Å². The van der Waals surface area contributed by atoms with Crippen LogP contribution in [0.1, 0.15) is 207 Å². The van der Waals surface area contributed by atoms with Gasteiger partial charge in [0.2, 0.25) is 0 Å². The Balaban J connectivity index is 1.84. The molecule has 0 N–H and O–H groups in total. The van der Waals surface area contributed by atoms with E-state index in [1.54, 1.807) is 6.07 Å². The summed E-state index contributed by atoms with van der Waals surface area (Å²) in [5, 5.41) is -0.229. The average Bonchev–Trinajstić information content (AvgIpc) is 3.73. The standard InChI is InChI=1S/C61H103F3O7Si2/c1-13-14-15-16-17-18-19-20-21-22-23-24-26-29-38-45-52(70-72(9,10)58(2,3)4)54-48-55(71-73(11,12)59(5,6)7)56(68-54)53(69-57(65)60(66-8,61(62,63)64)51-43-36-33-37-44-51)46-39-30-27-25-28-31-40-47-67-49-50-41-34-32-35-42-50/h27,30,32-37,41-44,52-56H,13-26,28-29,31,38-40,45-49H2,1-12H3/b30-27-/t52-,53-,54-,55+,56+,60+/m0/s1. The van der Waals surface area contributed by atoms with Gasteiger partial charge in [0.15, 0.2) is 16.6 Å². The maximum Gasteiger partial charge on any atom is 0.432 e. The number of carbonyl (C=O) groups is 1. The van der Waals surface area contributed by atoms with Crippen LogP contribution in [0.25, 0.3) is 0 Å². The largest absolute Gasteiger partial charge is 0.457 e. The summed E-state index contributed by atoms with van der Waals surface area (Å²) in [5.74, 6) is -1.51. The number of alkyl halides is 3. The number of ether oxygens (including phenoxy) is 4. The molecule has 418 valence electrons. The average molecular weight is 1060 g/mol. The van der Waals surface area contributed by atoms with E-state index in [-0.39, 0.29) is 28.2 Å². The van der Waals surface area contributed by atoms with Gasteiger partial charge in [-0.2, -0.15) is 13.2 Å². The van der Waals surface area contributed by atoms with Crippen LogP contribution in [0.4, 0.5) is 13.2 Å². The Kier molecular flexibility index (Phi) is 28.8. The van der Waals surface area contributed by atoms with E-state index in [1.807, 2.05) is 24.3 Å². The van der Waals surface area contributed by atoms with E-state index >= 15 is 13.2 Å². The zero-order chi connectivity index (χ0) is 54.0. The summed E-state index contributed by atoms with van der Waals surface area (Å²) in [5.41, 5.74) is -2.53. The molecule has 2 aromatic rings. The molecule has 6 atom stereocenters. The fourth-order valence-corrected chi connectivity index (χ4v) is 12.1. The molecule has 3 rings (SSSR count). The number of esters is 1. The minimum absolute atomic E-state index is 0.0611. The molecule has 0 aliphatic carbocycles. The van der Waals surface area contributed by atoms with Gasteiger partial charge in [-0.05, 0) is 80.4 Å². The number of unbranched alkanes of at least 4 members (excludes halogenated alkanes) is 17. The van der Waals surface area contributed by atoms with Crippen molar-refractivity contribution in [3.63, 3.8) is 0 Å². The molecule has 1 saturated heterocycles. The molecule has 0 saturated carbocycles. The number of benzene rings is 2. The number of rotatable bonds is 37. The van der Waals surface area contributed by atoms with Gasteiger partial charge in [0.25, 0.3) is 5.60 Å². The molecule has 12 heteroatoms. The van der Waals surface area contributed by atoms with E-state index in [0.717, 1.165) is 57.6 Å². The van der Waals surface area contributed by atoms with Crippen molar-refractivity contribution in [2.24, 2.45) is 0 Å². The van der Waals surface area contributed by atoms with Crippen LogP contribution in [-0.4, -0.2) is 73.0 Å². The summed E-state index contributed by atoms with van der Waals surface area (Å²) in [4.78, 5) is 14.5. The molecule has 0 aromatic heterocycles. The van der Waals surface area contributed by atoms with Crippen molar-refractivity contribution in [2.45, 2.75) is 281 Å². The Morgan fingerprint density at radius 3 is 1.68 bits per heavy atom. The highest BCUT2D eigenvalue weighted by Crippen LogP contribution is 2.46. The predicted octanol–water partition coefficient (Wildman–Crippen LogP) is 18.3. The summed E-state index contributed by atoms with van der Waals surface area (Å²) in [6, 6.07) is 17.2. The van der Waals surface area contributed by atoms with E-state index in [1.165, 1.54) is 108 Å². The summed E-state index contributed by atoms with van der Waals surface area (Å²) in [6.45, 7) is 25.7. The van der Waals surface area contributed by atoms with Crippen LogP contribution in [0.3, 0.4) is 0 Å². The van der Waals surface area contributed by atoms with Gasteiger partial charge in [0.05, 0.1) is 24.9 Å². The van der Waals surface area contributed by atoms with Crippen LogP contribution in [0.5, 0.6) is 0 Å². The number of methoxy groups -OCH3 is 1. The fourth-order valence-electron chi connectivity index (χ4n) is 9.34. The lowest BCUT2D eigenvalue weighted by Gasteiger charge is -2.41. The third-order valence-corrected chi connectivity index (χ3v) is 25.0. The topological polar surface area (TPSA) is 72.5 Å². The number of hydrogen-bond donors (Lipinski definition) is 0. The van der Waals surface area contributed by atoms with Crippen molar-refractivity contribution >= 4 is 22.6 Å². The molecule has 0 spiro atoms. The highest BCUT2D eigenvalue weighted by atomic mass is 28.4. The van der Waals surface area contributed by atoms with Gasteiger partial charge >= 0.3 is 12.1 Å². The highest BCUT2D eigenvalue weighted by Gasteiger charge is 2.65. The smallest absolute Gasteiger partial charge is 0.432 e. The number of hydrogen-bond acceptors (Lipinski definition) is 7. The molecular formula is C61H103F3O7Si2. The van der Waals surface area contributed by atoms with Crippen molar-refractivity contribution < 1.29 is 45.8 Å². The van der Waals surface area contributed by atoms with Gasteiger partial charge in [-0.1, -0.05) is 224 Å². The van der Waals surface area contributed by atoms with Crippen molar-refractivity contribution in [3.8, 4) is 0 Å². The molecule has 7 nitrogen and oxygen atoms in total. The molecule has 2 aromatic carbocycles. The SMILES string of the molecule is CCCCCCCCCCCCCCCCC[C@H](O[Si](C)(C)C(C)(C)C)[C@@H]1C[C@@H](O[Si](C)(C)C(C)(C)C)[C@@H]([C@H](CC/C=C\CCCCCOCc2ccccc2)OC(=O)[C@](OC)(c2ccccc2)C(F)(F)F)O1. The Morgan fingerprint density at radius 2 is 1.16 bits per heavy atom. The molecule has 1 fully saturated rings. The molecule has 0 bridgehead atoms. The first-order valence-electron chi connectivity index (χ1n) is 28.7. The lowest BCUT2D eigenvalue weighted by molar-refractivity contribution is -0.280. The lowest BCUT2D eigenvalue weighted by Crippen LogP contribution is -2.54. The van der Waals surface area contributed by atoms with Crippen molar-refractivity contribution in [3.05, 3.63) is 83.9 Å². The zero-order valence-electron chi connectivity index (χ0n) is 48.0. The Hall–Kier alpha value is -2.33. The molecule has 1 aliphatic rings. The quantitative estimate of drug-likeness (QED) is 0.0289. The van der Waals surface area contributed by atoms with Crippen molar-refractivity contribution in [1.82, 2.24) is 0 Å². The van der Waals surface area contributed by atoms with Gasteiger partial charge in [0.1, 0.15) is 12.2 Å². The van der Waals surface area contributed by atoms with Gasteiger partial charge in [-0.3, -0.25) is 0 Å². The fraction of sp³-hybridized carbons (Fsp3) is 0.754. The highest BCUT2D eigenvalue weighted by molar-refractivity contribution is 6.74. The summed E-state index contributed by atoms with van der Waals surface area (Å²) in [7, 11) is -3.90. The van der Waals surface area contributed by atoms with Crippen LogP contribution >= 0.6 is 0 Å². The third kappa shape index (κ3) is 21.9. The van der Waals surface area contributed by atoms with Crippen LogP contribution < -0.4 is 0 Å². The minimum atomic E-state index is -5.12. The second-order valence-corrected chi connectivity index (χ2v) is 33.6. The molecule has 73 heavy (non-hydrogen) atoms. The van der Waals surface area contributed by atoms with E-state index in [9.17, 15) is 4.79 Å². The second-order valence-electron chi connectivity index (χ2n) is 24.1. The third-order valence-electron chi connectivity index (χ3n) is 16.0. The predicted molar refractivity (Wildman–Crippen MR) is 301 cm³/mol. The monoisotopic (exact) mass is 1060 g/mol. The van der Waals surface area contributed by atoms with Crippen LogP contribution in [0.15, 0.2) is 72.8 Å². The Labute approximate surface area is 445 Å². The molecule has 1 aliphatic heterocycles. The van der Waals surface area contributed by atoms with Gasteiger partial charge < -0.3 is 27.8 Å². The molecule has 0 unspecified atom stereocenters. The first-order valence-corrected chi connectivity index (χ1v) is 34.5. The van der Waals surface area contributed by atoms with Gasteiger partial charge in [-0.25, -0.2) is 4.79 Å². The maximum atomic E-state index is 15.4. The van der Waals surface area contributed by atoms with Gasteiger partial charge in [-0.15, -0.1) is 0 Å². The first-order chi connectivity index (χ1) is 34.5. The molecular weight excluding hydrogens is 958 g/mol. The van der Waals surface area contributed by atoms with E-state index in [0.29, 0.717) is 26.1 Å². The van der Waals surface area contributed by atoms with E-state index in [4.69, 9.17) is 27.8 Å². The molecule has 1 heterocycles. The molecule has 0 radical (unpaired) electrons. The second kappa shape index (κ2) is 32.4. The first kappa shape index (κ1) is 65.0. The van der Waals surface area contributed by atoms with Gasteiger partial charge in [0, 0.05) is 25.7 Å². The van der Waals surface area contributed by atoms with E-state index in [2.05, 4.69) is 92.9 Å².